The van der Waals surface area contributed by atoms with Crippen LogP contribution >= 0.6 is 0 Å². The summed E-state index contributed by atoms with van der Waals surface area (Å²) >= 11 is 0. The topological polar surface area (TPSA) is 112 Å². The third-order valence-corrected chi connectivity index (χ3v) is 6.16. The van der Waals surface area contributed by atoms with Gasteiger partial charge in [0, 0.05) is 13.0 Å². The highest BCUT2D eigenvalue weighted by atomic mass is 16.6. The second kappa shape index (κ2) is 14.9. The summed E-state index contributed by atoms with van der Waals surface area (Å²) in [5.74, 6) is -0.905. The maximum absolute atomic E-state index is 14.1. The summed E-state index contributed by atoms with van der Waals surface area (Å²) in [6.45, 7) is 11.3. The molecule has 0 saturated carbocycles. The van der Waals surface area contributed by atoms with Crippen LogP contribution in [0.5, 0.6) is 0 Å². The van der Waals surface area contributed by atoms with E-state index in [-0.39, 0.29) is 18.9 Å². The van der Waals surface area contributed by atoms with E-state index >= 15 is 0 Å². The van der Waals surface area contributed by atoms with Crippen LogP contribution in [-0.4, -0.2) is 47.5 Å². The number of hydrogen-bond donors (Lipinski definition) is 2. The minimum Gasteiger partial charge on any atom is -0.444 e. The number of aryl methyl sites for hydroxylation is 2. The van der Waals surface area contributed by atoms with Gasteiger partial charge in [-0.05, 0) is 57.7 Å². The predicted octanol–water partition coefficient (Wildman–Crippen LogP) is 5.14. The van der Waals surface area contributed by atoms with Crippen molar-refractivity contribution in [2.75, 3.05) is 13.1 Å². The van der Waals surface area contributed by atoms with Gasteiger partial charge in [-0.1, -0.05) is 73.9 Å². The van der Waals surface area contributed by atoms with Crippen molar-refractivity contribution >= 4 is 17.9 Å². The van der Waals surface area contributed by atoms with E-state index in [0.717, 1.165) is 36.0 Å². The smallest absolute Gasteiger partial charge is 0.408 e. The number of alkyl carbamates (subject to hydrolysis) is 1. The highest BCUT2D eigenvalue weighted by Gasteiger charge is 2.37. The van der Waals surface area contributed by atoms with Gasteiger partial charge in [-0.2, -0.15) is 5.26 Å². The van der Waals surface area contributed by atoms with Gasteiger partial charge in [-0.25, -0.2) is 4.79 Å². The van der Waals surface area contributed by atoms with Crippen LogP contribution in [0.1, 0.15) is 75.3 Å². The second-order valence-electron chi connectivity index (χ2n) is 10.8. The average Bonchev–Trinajstić information content (AvgIpc) is 2.86. The lowest BCUT2D eigenvalue weighted by Gasteiger charge is -2.33. The zero-order chi connectivity index (χ0) is 29.0. The first-order valence-electron chi connectivity index (χ1n) is 13.5. The maximum Gasteiger partial charge on any atom is 0.408 e. The lowest BCUT2D eigenvalue weighted by molar-refractivity contribution is -0.141. The number of unbranched alkanes of at least 4 members (excludes halogenated alkanes) is 2. The summed E-state index contributed by atoms with van der Waals surface area (Å²) in [5, 5.41) is 15.4. The molecule has 2 N–H and O–H groups in total. The van der Waals surface area contributed by atoms with E-state index in [1.54, 1.807) is 20.8 Å². The molecule has 8 heteroatoms. The Morgan fingerprint density at radius 1 is 1.05 bits per heavy atom. The second-order valence-corrected chi connectivity index (χ2v) is 10.8. The number of amides is 3. The van der Waals surface area contributed by atoms with Gasteiger partial charge in [-0.15, -0.1) is 0 Å². The molecule has 2 atom stereocenters. The molecule has 2 aromatic rings. The van der Waals surface area contributed by atoms with E-state index in [0.29, 0.717) is 12.1 Å². The number of nitrogens with one attached hydrogen (secondary N) is 2. The van der Waals surface area contributed by atoms with Gasteiger partial charge in [0.15, 0.2) is 0 Å². The molecule has 0 heterocycles. The molecule has 0 fully saturated rings. The quantitative estimate of drug-likeness (QED) is 0.289. The monoisotopic (exact) mass is 534 g/mol. The van der Waals surface area contributed by atoms with Crippen molar-refractivity contribution in [1.29, 1.82) is 5.26 Å². The van der Waals surface area contributed by atoms with Gasteiger partial charge in [0.2, 0.25) is 11.8 Å². The number of carbonyl (C=O) groups is 3. The van der Waals surface area contributed by atoms with E-state index in [1.165, 1.54) is 4.90 Å². The number of ether oxygens (including phenoxy) is 1. The number of rotatable bonds is 12. The Morgan fingerprint density at radius 2 is 1.74 bits per heavy atom. The molecule has 0 aliphatic carbocycles. The van der Waals surface area contributed by atoms with E-state index in [1.807, 2.05) is 62.4 Å². The summed E-state index contributed by atoms with van der Waals surface area (Å²) in [4.78, 5) is 41.8. The average molecular weight is 535 g/mol. The number of nitrogens with zero attached hydrogens (tertiary/aromatic N) is 2. The van der Waals surface area contributed by atoms with Gasteiger partial charge >= 0.3 is 6.09 Å². The van der Waals surface area contributed by atoms with Crippen molar-refractivity contribution in [3.05, 3.63) is 70.8 Å². The molecule has 2 aromatic carbocycles. The SMILES string of the molecule is CCCCCNC(=O)C(c1ccc(C)cc1C)N(CC#N)C(=O)C(Cc1ccccc1)NC(=O)OC(C)(C)C. The van der Waals surface area contributed by atoms with E-state index in [4.69, 9.17) is 4.74 Å². The number of benzene rings is 2. The van der Waals surface area contributed by atoms with Crippen LogP contribution < -0.4 is 10.6 Å². The zero-order valence-electron chi connectivity index (χ0n) is 24.0. The maximum atomic E-state index is 14.1. The van der Waals surface area contributed by atoms with Crippen molar-refractivity contribution in [1.82, 2.24) is 15.5 Å². The first-order valence-corrected chi connectivity index (χ1v) is 13.5. The van der Waals surface area contributed by atoms with E-state index < -0.39 is 29.7 Å². The molecule has 3 amide bonds. The summed E-state index contributed by atoms with van der Waals surface area (Å²) in [7, 11) is 0. The molecule has 0 radical (unpaired) electrons. The standard InChI is InChI=1S/C31H42N4O4/c1-7-8-12-18-33-28(36)27(25-16-15-22(2)20-23(25)3)35(19-17-32)29(37)26(21-24-13-10-9-11-14-24)34-30(38)39-31(4,5)6/h9-11,13-16,20,26-27H,7-8,12,18-19,21H2,1-6H3,(H,33,36)(H,34,38). The summed E-state index contributed by atoms with van der Waals surface area (Å²) < 4.78 is 5.43. The molecule has 2 rings (SSSR count). The highest BCUT2D eigenvalue weighted by Crippen LogP contribution is 2.27. The summed E-state index contributed by atoms with van der Waals surface area (Å²) in [5.41, 5.74) is 2.53. The third-order valence-electron chi connectivity index (χ3n) is 6.16. The molecule has 2 unspecified atom stereocenters. The fourth-order valence-electron chi connectivity index (χ4n) is 4.34. The van der Waals surface area contributed by atoms with Crippen LogP contribution in [0, 0.1) is 25.2 Å². The van der Waals surface area contributed by atoms with Crippen molar-refractivity contribution < 1.29 is 19.1 Å². The van der Waals surface area contributed by atoms with Crippen LogP contribution in [0.15, 0.2) is 48.5 Å². The van der Waals surface area contributed by atoms with Crippen LogP contribution in [0.3, 0.4) is 0 Å². The molecule has 0 spiro atoms. The lowest BCUT2D eigenvalue weighted by atomic mass is 9.95. The molecule has 0 saturated heterocycles. The van der Waals surface area contributed by atoms with E-state index in [9.17, 15) is 19.6 Å². The molecule has 0 bridgehead atoms. The summed E-state index contributed by atoms with van der Waals surface area (Å²) in [6.07, 6.45) is 2.20. The first-order chi connectivity index (χ1) is 18.5. The molecule has 0 aromatic heterocycles. The first kappa shape index (κ1) is 31.4. The third kappa shape index (κ3) is 10.1. The van der Waals surface area contributed by atoms with Crippen LogP contribution in [0.25, 0.3) is 0 Å². The van der Waals surface area contributed by atoms with Crippen LogP contribution in [0.4, 0.5) is 4.79 Å². The molecule has 0 aliphatic heterocycles. The highest BCUT2D eigenvalue weighted by molar-refractivity contribution is 5.92. The molecular formula is C31H42N4O4. The van der Waals surface area contributed by atoms with Gasteiger partial charge in [0.1, 0.15) is 24.2 Å². The lowest BCUT2D eigenvalue weighted by Crippen LogP contribution is -2.54. The molecule has 0 aliphatic rings. The largest absolute Gasteiger partial charge is 0.444 e. The Hall–Kier alpha value is -3.86. The fraction of sp³-hybridized carbons (Fsp3) is 0.484. The van der Waals surface area contributed by atoms with Gasteiger partial charge in [0.05, 0.1) is 6.07 Å². The minimum atomic E-state index is -1.06. The molecule has 210 valence electrons. The Bertz CT molecular complexity index is 1150. The fourth-order valence-corrected chi connectivity index (χ4v) is 4.34. The zero-order valence-corrected chi connectivity index (χ0v) is 24.0. The predicted molar refractivity (Wildman–Crippen MR) is 152 cm³/mol. The van der Waals surface area contributed by atoms with Crippen LogP contribution in [-0.2, 0) is 20.7 Å². The number of hydrogen-bond acceptors (Lipinski definition) is 5. The van der Waals surface area contributed by atoms with Crippen molar-refractivity contribution in [3.8, 4) is 6.07 Å². The van der Waals surface area contributed by atoms with Crippen molar-refractivity contribution in [2.24, 2.45) is 0 Å². The molecule has 8 nitrogen and oxygen atoms in total. The summed E-state index contributed by atoms with van der Waals surface area (Å²) in [6, 6.07) is 14.9. The Labute approximate surface area is 232 Å². The number of nitriles is 1. The Morgan fingerprint density at radius 3 is 2.33 bits per heavy atom. The van der Waals surface area contributed by atoms with Gasteiger partial charge in [-0.3, -0.25) is 9.59 Å². The molecular weight excluding hydrogens is 492 g/mol. The molecule has 39 heavy (non-hydrogen) atoms. The van der Waals surface area contributed by atoms with E-state index in [2.05, 4.69) is 23.6 Å². The Kier molecular flexibility index (Phi) is 12.0. The number of carbonyl (C=O) groups excluding carboxylic acids is 3. The Balaban J connectivity index is 2.51. The van der Waals surface area contributed by atoms with Crippen molar-refractivity contribution in [3.63, 3.8) is 0 Å². The van der Waals surface area contributed by atoms with Gasteiger partial charge < -0.3 is 20.3 Å². The van der Waals surface area contributed by atoms with Crippen molar-refractivity contribution in [2.45, 2.75) is 84.9 Å². The van der Waals surface area contributed by atoms with Crippen LogP contribution in [0.2, 0.25) is 0 Å². The minimum absolute atomic E-state index is 0.165. The van der Waals surface area contributed by atoms with Gasteiger partial charge in [0.25, 0.3) is 0 Å². The normalized spacial score (nSPS) is 12.5.